The number of fused-ring (bicyclic) bond motifs is 6. The van der Waals surface area contributed by atoms with Crippen molar-refractivity contribution in [2.45, 2.75) is 25.4 Å². The maximum atomic E-state index is 14.5. The molecule has 0 radical (unpaired) electrons. The fourth-order valence-electron chi connectivity index (χ4n) is 4.22. The van der Waals surface area contributed by atoms with Crippen molar-refractivity contribution in [1.29, 1.82) is 0 Å². The number of nitrogens with zero attached hydrogens (tertiary/aromatic N) is 8. The summed E-state index contributed by atoms with van der Waals surface area (Å²) in [6.45, 7) is 3.07. The zero-order valence-corrected chi connectivity index (χ0v) is 15.2. The number of para-hydroxylation sites is 1. The number of hydrogen-bond acceptors (Lipinski definition) is 7. The number of benzene rings is 1. The molecular formula is C18H17FN8O. The molecule has 10 heteroatoms. The number of anilines is 1. The standard InChI is InChI=1S/C18H17FN8O/c1-18(7-4-8-28-18)14-9-22-23-27(14)24-11-21-16-12-5-2-3-6-13(12)25-15(26(16)24)10-20-17(25)19/h2-3,5-6,9-10H,4,7-8,11H2,1H3. The van der Waals surface area contributed by atoms with Crippen molar-refractivity contribution < 1.29 is 9.13 Å². The highest BCUT2D eigenvalue weighted by Gasteiger charge is 2.42. The minimum absolute atomic E-state index is 0.322. The highest BCUT2D eigenvalue weighted by molar-refractivity contribution is 6.15. The summed E-state index contributed by atoms with van der Waals surface area (Å²) in [5.74, 6) is 1.29. The zero-order chi connectivity index (χ0) is 18.9. The number of aromatic nitrogens is 5. The van der Waals surface area contributed by atoms with E-state index in [1.54, 1.807) is 11.0 Å². The van der Waals surface area contributed by atoms with Crippen molar-refractivity contribution in [1.82, 2.24) is 24.7 Å². The van der Waals surface area contributed by atoms with Crippen LogP contribution in [0.25, 0.3) is 5.69 Å². The van der Waals surface area contributed by atoms with E-state index in [0.717, 1.165) is 29.9 Å². The second kappa shape index (κ2) is 5.38. The van der Waals surface area contributed by atoms with Gasteiger partial charge in [0.15, 0.2) is 18.3 Å². The maximum Gasteiger partial charge on any atom is 0.295 e. The number of halogens is 1. The Hall–Kier alpha value is -3.27. The molecule has 2 aromatic heterocycles. The van der Waals surface area contributed by atoms with Gasteiger partial charge in [0.05, 0.1) is 18.1 Å². The lowest BCUT2D eigenvalue weighted by Crippen LogP contribution is -2.53. The summed E-state index contributed by atoms with van der Waals surface area (Å²) in [7, 11) is 0. The Balaban J connectivity index is 1.50. The van der Waals surface area contributed by atoms with Crippen LogP contribution in [0.5, 0.6) is 0 Å². The minimum Gasteiger partial charge on any atom is -0.369 e. The van der Waals surface area contributed by atoms with E-state index in [1.807, 2.05) is 41.3 Å². The molecule has 142 valence electrons. The number of amidine groups is 1. The molecule has 3 aromatic rings. The summed E-state index contributed by atoms with van der Waals surface area (Å²) in [5, 5.41) is 12.1. The number of rotatable bonds is 2. The van der Waals surface area contributed by atoms with Crippen LogP contribution in [0.3, 0.4) is 0 Å². The normalized spacial score (nSPS) is 22.9. The highest BCUT2D eigenvalue weighted by atomic mass is 19.1. The van der Waals surface area contributed by atoms with E-state index >= 15 is 0 Å². The molecule has 9 nitrogen and oxygen atoms in total. The second-order valence-electron chi connectivity index (χ2n) is 7.24. The molecule has 1 fully saturated rings. The van der Waals surface area contributed by atoms with Crippen molar-refractivity contribution >= 4 is 11.7 Å². The molecular weight excluding hydrogens is 363 g/mol. The molecule has 0 spiro atoms. The fourth-order valence-corrected chi connectivity index (χ4v) is 4.22. The summed E-state index contributed by atoms with van der Waals surface area (Å²) in [6, 6.07) is 7.58. The average molecular weight is 380 g/mol. The molecule has 0 amide bonds. The summed E-state index contributed by atoms with van der Waals surface area (Å²) >= 11 is 0. The lowest BCUT2D eigenvalue weighted by Gasteiger charge is -2.36. The quantitative estimate of drug-likeness (QED) is 0.674. The summed E-state index contributed by atoms with van der Waals surface area (Å²) in [4.78, 5) is 10.3. The largest absolute Gasteiger partial charge is 0.369 e. The highest BCUT2D eigenvalue weighted by Crippen LogP contribution is 2.38. The predicted molar refractivity (Wildman–Crippen MR) is 98.2 cm³/mol. The Labute approximate surface area is 159 Å². The summed E-state index contributed by atoms with van der Waals surface area (Å²) in [6.07, 6.45) is 4.52. The average Bonchev–Trinajstić information content (AvgIpc) is 3.47. The molecule has 1 aromatic carbocycles. The van der Waals surface area contributed by atoms with Crippen LogP contribution >= 0.6 is 0 Å². The molecule has 0 saturated carbocycles. The molecule has 1 atom stereocenters. The van der Waals surface area contributed by atoms with Crippen molar-refractivity contribution in [3.63, 3.8) is 0 Å². The molecule has 1 unspecified atom stereocenters. The van der Waals surface area contributed by atoms with E-state index in [1.165, 1.54) is 10.8 Å². The van der Waals surface area contributed by atoms with E-state index in [0.29, 0.717) is 24.8 Å². The van der Waals surface area contributed by atoms with E-state index in [4.69, 9.17) is 9.73 Å². The number of imidazole rings is 1. The lowest BCUT2D eigenvalue weighted by molar-refractivity contribution is 0.00920. The topological polar surface area (TPSA) is 76.6 Å². The van der Waals surface area contributed by atoms with E-state index in [9.17, 15) is 4.39 Å². The van der Waals surface area contributed by atoms with Gasteiger partial charge in [0.2, 0.25) is 0 Å². The molecule has 1 saturated heterocycles. The third-order valence-electron chi connectivity index (χ3n) is 5.59. The van der Waals surface area contributed by atoms with Crippen LogP contribution < -0.4 is 10.1 Å². The Morgan fingerprint density at radius 1 is 1.21 bits per heavy atom. The number of hydrogen-bond donors (Lipinski definition) is 0. The van der Waals surface area contributed by atoms with Gasteiger partial charge >= 0.3 is 0 Å². The van der Waals surface area contributed by atoms with Gasteiger partial charge in [-0.3, -0.25) is 4.57 Å². The van der Waals surface area contributed by atoms with Gasteiger partial charge in [-0.15, -0.1) is 9.89 Å². The first-order valence-electron chi connectivity index (χ1n) is 9.18. The van der Waals surface area contributed by atoms with Gasteiger partial charge in [-0.25, -0.2) is 9.98 Å². The van der Waals surface area contributed by atoms with Crippen LogP contribution in [-0.2, 0) is 10.3 Å². The molecule has 0 N–H and O–H groups in total. The van der Waals surface area contributed by atoms with Crippen LogP contribution in [0.2, 0.25) is 0 Å². The van der Waals surface area contributed by atoms with Crippen molar-refractivity contribution in [2.75, 3.05) is 23.4 Å². The van der Waals surface area contributed by atoms with E-state index in [-0.39, 0.29) is 0 Å². The first-order valence-corrected chi connectivity index (χ1v) is 9.18. The number of hydrazine groups is 1. The van der Waals surface area contributed by atoms with Crippen molar-refractivity contribution in [3.05, 3.63) is 54.0 Å². The molecule has 0 aliphatic carbocycles. The van der Waals surface area contributed by atoms with Crippen LogP contribution in [0.15, 0.2) is 41.7 Å². The van der Waals surface area contributed by atoms with Crippen LogP contribution in [0.1, 0.15) is 31.0 Å². The first kappa shape index (κ1) is 15.8. The Bertz CT molecular complexity index is 1110. The Kier molecular flexibility index (Phi) is 3.03. The summed E-state index contributed by atoms with van der Waals surface area (Å²) < 4.78 is 22.0. The fraction of sp³-hybridized carbons (Fsp3) is 0.333. The monoisotopic (exact) mass is 380 g/mol. The van der Waals surface area contributed by atoms with Gasteiger partial charge in [0.1, 0.15) is 11.3 Å². The molecule has 3 aliphatic rings. The predicted octanol–water partition coefficient (Wildman–Crippen LogP) is 1.72. The van der Waals surface area contributed by atoms with Gasteiger partial charge in [-0.1, -0.05) is 12.1 Å². The molecule has 6 rings (SSSR count). The number of aliphatic imine (C=N–C) groups is 1. The van der Waals surface area contributed by atoms with Gasteiger partial charge in [-0.05, 0) is 37.1 Å². The molecule has 28 heavy (non-hydrogen) atoms. The van der Waals surface area contributed by atoms with Crippen molar-refractivity contribution in [3.8, 4) is 5.69 Å². The second-order valence-corrected chi connectivity index (χ2v) is 7.24. The Morgan fingerprint density at radius 3 is 2.96 bits per heavy atom. The third kappa shape index (κ3) is 1.92. The number of ether oxygens (including phenoxy) is 1. The summed E-state index contributed by atoms with van der Waals surface area (Å²) in [5.41, 5.74) is 1.92. The van der Waals surface area contributed by atoms with Gasteiger partial charge in [0, 0.05) is 12.2 Å². The molecule has 0 bridgehead atoms. The third-order valence-corrected chi connectivity index (χ3v) is 5.59. The van der Waals surface area contributed by atoms with Gasteiger partial charge < -0.3 is 4.74 Å². The zero-order valence-electron chi connectivity index (χ0n) is 15.2. The maximum absolute atomic E-state index is 14.5. The molecule has 5 heterocycles. The van der Waals surface area contributed by atoms with Crippen LogP contribution in [0.4, 0.5) is 10.2 Å². The van der Waals surface area contributed by atoms with Crippen LogP contribution in [0, 0.1) is 6.08 Å². The van der Waals surface area contributed by atoms with E-state index < -0.39 is 11.7 Å². The van der Waals surface area contributed by atoms with Gasteiger partial charge in [0.25, 0.3) is 6.08 Å². The smallest absolute Gasteiger partial charge is 0.295 e. The minimum atomic E-state index is -0.571. The Morgan fingerprint density at radius 2 is 2.11 bits per heavy atom. The van der Waals surface area contributed by atoms with Gasteiger partial charge in [-0.2, -0.15) is 14.5 Å². The van der Waals surface area contributed by atoms with Crippen LogP contribution in [-0.4, -0.2) is 43.8 Å². The SMILES string of the molecule is CC1(c2cnnn2N2CN=C3c4ccccc4-n4c(cnc4F)N32)CCCO1. The van der Waals surface area contributed by atoms with Crippen molar-refractivity contribution in [2.24, 2.45) is 4.99 Å². The lowest BCUT2D eigenvalue weighted by atomic mass is 9.99. The first-order chi connectivity index (χ1) is 13.7. The molecule has 3 aliphatic heterocycles. The van der Waals surface area contributed by atoms with E-state index in [2.05, 4.69) is 15.3 Å².